The zero-order valence-corrected chi connectivity index (χ0v) is 17.6. The van der Waals surface area contributed by atoms with Crippen molar-refractivity contribution in [3.05, 3.63) is 59.7 Å². The summed E-state index contributed by atoms with van der Waals surface area (Å²) in [6, 6.07) is 15.8. The number of ether oxygens (including phenoxy) is 1. The first-order chi connectivity index (χ1) is 14.4. The Morgan fingerprint density at radius 3 is 2.53 bits per heavy atom. The highest BCUT2D eigenvalue weighted by Gasteiger charge is 2.73. The summed E-state index contributed by atoms with van der Waals surface area (Å²) in [6.45, 7) is 1.90. The summed E-state index contributed by atoms with van der Waals surface area (Å²) in [7, 11) is 5.67. The number of nitrogens with zero attached hydrogens (tertiary/aromatic N) is 2. The molecule has 0 unspecified atom stereocenters. The van der Waals surface area contributed by atoms with Crippen LogP contribution in [0.4, 0.5) is 5.69 Å². The number of benzene rings is 2. The molecule has 3 aliphatic heterocycles. The lowest BCUT2D eigenvalue weighted by molar-refractivity contribution is -0.150. The lowest BCUT2D eigenvalue weighted by Crippen LogP contribution is -2.64. The Morgan fingerprint density at radius 1 is 1.07 bits per heavy atom. The highest BCUT2D eigenvalue weighted by molar-refractivity contribution is 6.11. The van der Waals surface area contributed by atoms with E-state index in [-0.39, 0.29) is 17.6 Å². The standard InChI is InChI=1S/C24H27N3O3/c1-26-13-12-21(28)23(15-26)19(16-8-10-17(30-3)11-9-16)14-27(2)24(23)18-6-4-5-7-20(18)25-22(24)29/h4-11,19H,12-15H2,1-3H3,(H,25,29)/t19-,23+,24+/m1/s1. The molecule has 2 fully saturated rings. The van der Waals surface area contributed by atoms with Crippen LogP contribution < -0.4 is 10.1 Å². The van der Waals surface area contributed by atoms with E-state index in [2.05, 4.69) is 15.1 Å². The van der Waals surface area contributed by atoms with Crippen molar-refractivity contribution >= 4 is 17.4 Å². The fraction of sp³-hybridized carbons (Fsp3) is 0.417. The van der Waals surface area contributed by atoms with E-state index in [1.807, 2.05) is 62.6 Å². The van der Waals surface area contributed by atoms with Crippen molar-refractivity contribution in [1.82, 2.24) is 9.80 Å². The maximum Gasteiger partial charge on any atom is 0.250 e. The van der Waals surface area contributed by atoms with Crippen LogP contribution in [0.5, 0.6) is 5.75 Å². The summed E-state index contributed by atoms with van der Waals surface area (Å²) in [4.78, 5) is 31.9. The van der Waals surface area contributed by atoms with Crippen LogP contribution in [0, 0.1) is 5.41 Å². The maximum atomic E-state index is 13.9. The fourth-order valence-corrected chi connectivity index (χ4v) is 6.18. The van der Waals surface area contributed by atoms with Crippen molar-refractivity contribution in [2.45, 2.75) is 17.9 Å². The lowest BCUT2D eigenvalue weighted by atomic mass is 9.57. The average molecular weight is 405 g/mol. The first kappa shape index (κ1) is 19.3. The summed E-state index contributed by atoms with van der Waals surface area (Å²) in [5.74, 6) is 0.772. The number of nitrogens with one attached hydrogen (secondary N) is 1. The Bertz CT molecular complexity index is 1020. The number of hydrogen-bond acceptors (Lipinski definition) is 5. The molecule has 1 N–H and O–H groups in total. The van der Waals surface area contributed by atoms with Crippen LogP contribution in [0.1, 0.15) is 23.5 Å². The second-order valence-electron chi connectivity index (χ2n) is 8.80. The lowest BCUT2D eigenvalue weighted by Gasteiger charge is -2.50. The minimum Gasteiger partial charge on any atom is -0.497 e. The van der Waals surface area contributed by atoms with Gasteiger partial charge in [-0.25, -0.2) is 0 Å². The van der Waals surface area contributed by atoms with Crippen molar-refractivity contribution in [1.29, 1.82) is 0 Å². The number of carbonyl (C=O) groups is 2. The number of ketones is 1. The number of likely N-dealkylation sites (tertiary alicyclic amines) is 2. The summed E-state index contributed by atoms with van der Waals surface area (Å²) in [5, 5.41) is 3.09. The molecule has 2 aromatic carbocycles. The van der Waals surface area contributed by atoms with E-state index < -0.39 is 11.0 Å². The topological polar surface area (TPSA) is 61.9 Å². The highest BCUT2D eigenvalue weighted by Crippen LogP contribution is 2.63. The van der Waals surface area contributed by atoms with Gasteiger partial charge in [-0.3, -0.25) is 14.5 Å². The predicted octanol–water partition coefficient (Wildman–Crippen LogP) is 2.46. The molecule has 0 bridgehead atoms. The molecule has 30 heavy (non-hydrogen) atoms. The molecule has 0 aliphatic carbocycles. The largest absolute Gasteiger partial charge is 0.497 e. The minimum atomic E-state index is -1.01. The van der Waals surface area contributed by atoms with Gasteiger partial charge in [0.2, 0.25) is 0 Å². The molecule has 3 atom stereocenters. The number of para-hydroxylation sites is 1. The van der Waals surface area contributed by atoms with Gasteiger partial charge in [-0.1, -0.05) is 30.3 Å². The van der Waals surface area contributed by atoms with Crippen LogP contribution in [0.2, 0.25) is 0 Å². The van der Waals surface area contributed by atoms with Gasteiger partial charge in [0.25, 0.3) is 5.91 Å². The van der Waals surface area contributed by atoms with Crippen molar-refractivity contribution in [3.63, 3.8) is 0 Å². The van der Waals surface area contributed by atoms with Gasteiger partial charge in [-0.2, -0.15) is 0 Å². The Kier molecular flexibility index (Phi) is 4.27. The molecule has 1 amide bonds. The van der Waals surface area contributed by atoms with Gasteiger partial charge < -0.3 is 15.0 Å². The number of carbonyl (C=O) groups excluding carboxylic acids is 2. The van der Waals surface area contributed by atoms with Crippen molar-refractivity contribution in [3.8, 4) is 5.75 Å². The van der Waals surface area contributed by atoms with E-state index in [1.165, 1.54) is 0 Å². The number of rotatable bonds is 2. The van der Waals surface area contributed by atoms with E-state index in [0.717, 1.165) is 29.1 Å². The third kappa shape index (κ3) is 2.26. The van der Waals surface area contributed by atoms with E-state index in [4.69, 9.17) is 4.74 Å². The molecule has 156 valence electrons. The molecule has 3 heterocycles. The molecule has 2 saturated heterocycles. The third-order valence-electron chi connectivity index (χ3n) is 7.42. The SMILES string of the molecule is COc1ccc([C@H]2CN(C)[C@@]3(C(=O)Nc4ccccc43)[C@@]23CN(C)CCC3=O)cc1. The Morgan fingerprint density at radius 2 is 1.80 bits per heavy atom. The van der Waals surface area contributed by atoms with Crippen LogP contribution in [0.15, 0.2) is 48.5 Å². The van der Waals surface area contributed by atoms with E-state index in [0.29, 0.717) is 19.5 Å². The molecular weight excluding hydrogens is 378 g/mol. The molecule has 0 saturated carbocycles. The third-order valence-corrected chi connectivity index (χ3v) is 7.42. The van der Waals surface area contributed by atoms with Gasteiger partial charge in [0.1, 0.15) is 17.1 Å². The summed E-state index contributed by atoms with van der Waals surface area (Å²) >= 11 is 0. The normalized spacial score (nSPS) is 31.4. The molecule has 3 aliphatic rings. The van der Waals surface area contributed by atoms with Crippen molar-refractivity contribution in [2.75, 3.05) is 46.2 Å². The van der Waals surface area contributed by atoms with Crippen LogP contribution in [-0.4, -0.2) is 62.3 Å². The van der Waals surface area contributed by atoms with Gasteiger partial charge in [0.05, 0.1) is 12.5 Å². The van der Waals surface area contributed by atoms with Gasteiger partial charge in [-0.15, -0.1) is 0 Å². The number of methoxy groups -OCH3 is 1. The fourth-order valence-electron chi connectivity index (χ4n) is 6.18. The minimum absolute atomic E-state index is 0.0918. The number of hydrogen-bond donors (Lipinski definition) is 1. The molecular formula is C24H27N3O3. The first-order valence-corrected chi connectivity index (χ1v) is 10.4. The maximum absolute atomic E-state index is 13.9. The van der Waals surface area contributed by atoms with Crippen molar-refractivity contribution < 1.29 is 14.3 Å². The van der Waals surface area contributed by atoms with Gasteiger partial charge in [0, 0.05) is 43.2 Å². The number of likely N-dealkylation sites (N-methyl/N-ethyl adjacent to an activating group) is 1. The number of anilines is 1. The number of fused-ring (bicyclic) bond motifs is 3. The Hall–Kier alpha value is -2.70. The number of amides is 1. The van der Waals surface area contributed by atoms with Crippen LogP contribution in [-0.2, 0) is 15.1 Å². The molecule has 0 radical (unpaired) electrons. The molecule has 2 spiro atoms. The Labute approximate surface area is 176 Å². The summed E-state index contributed by atoms with van der Waals surface area (Å²) in [6.07, 6.45) is 0.453. The molecule has 0 aromatic heterocycles. The van der Waals surface area contributed by atoms with Gasteiger partial charge in [0.15, 0.2) is 0 Å². The number of piperidine rings is 1. The van der Waals surface area contributed by atoms with E-state index in [9.17, 15) is 9.59 Å². The van der Waals surface area contributed by atoms with Crippen molar-refractivity contribution in [2.24, 2.45) is 5.41 Å². The van der Waals surface area contributed by atoms with Gasteiger partial charge >= 0.3 is 0 Å². The monoisotopic (exact) mass is 405 g/mol. The average Bonchev–Trinajstić information content (AvgIpc) is 3.20. The zero-order chi connectivity index (χ0) is 21.1. The smallest absolute Gasteiger partial charge is 0.250 e. The van der Waals surface area contributed by atoms with Crippen LogP contribution in [0.25, 0.3) is 0 Å². The second-order valence-corrected chi connectivity index (χ2v) is 8.80. The van der Waals surface area contributed by atoms with E-state index >= 15 is 0 Å². The van der Waals surface area contributed by atoms with Crippen LogP contribution >= 0.6 is 0 Å². The van der Waals surface area contributed by atoms with Crippen LogP contribution in [0.3, 0.4) is 0 Å². The van der Waals surface area contributed by atoms with E-state index in [1.54, 1.807) is 7.11 Å². The molecule has 6 heteroatoms. The van der Waals surface area contributed by atoms with Gasteiger partial charge in [-0.05, 0) is 37.9 Å². The summed E-state index contributed by atoms with van der Waals surface area (Å²) in [5.41, 5.74) is 0.919. The first-order valence-electron chi connectivity index (χ1n) is 10.4. The highest BCUT2D eigenvalue weighted by atomic mass is 16.5. The molecule has 6 nitrogen and oxygen atoms in total. The second kappa shape index (κ2) is 6.65. The zero-order valence-electron chi connectivity index (χ0n) is 17.6. The predicted molar refractivity (Wildman–Crippen MR) is 115 cm³/mol. The summed E-state index contributed by atoms with van der Waals surface area (Å²) < 4.78 is 5.34. The molecule has 5 rings (SSSR count). The number of Topliss-reactive ketones (excluding diaryl/α,β-unsaturated/α-hetero) is 1. The quantitative estimate of drug-likeness (QED) is 0.832. The molecule has 2 aromatic rings. The Balaban J connectivity index is 1.77.